The van der Waals surface area contributed by atoms with E-state index in [-0.39, 0.29) is 6.04 Å². The van der Waals surface area contributed by atoms with Crippen molar-refractivity contribution < 1.29 is 4.79 Å². The molecule has 3 aromatic rings. The molecule has 1 N–H and O–H groups in total. The molecule has 1 unspecified atom stereocenters. The number of rotatable bonds is 4. The highest BCUT2D eigenvalue weighted by atomic mass is 16.2. The van der Waals surface area contributed by atoms with Crippen LogP contribution in [0.25, 0.3) is 11.0 Å². The minimum atomic E-state index is 0.107. The second-order valence-electron chi connectivity index (χ2n) is 8.72. The Bertz CT molecular complexity index is 939. The Morgan fingerprint density at radius 1 is 0.966 bits per heavy atom. The summed E-state index contributed by atoms with van der Waals surface area (Å²) in [6.07, 6.45) is 7.49. The van der Waals surface area contributed by atoms with Crippen LogP contribution < -0.4 is 0 Å². The Hall–Kier alpha value is -2.62. The average molecular weight is 388 g/mol. The second kappa shape index (κ2) is 8.02. The number of likely N-dealkylation sites (tertiary alicyclic amines) is 1. The molecule has 5 rings (SSSR count). The number of nitrogens with zero attached hydrogens (tertiary/aromatic N) is 2. The first-order valence-electron chi connectivity index (χ1n) is 11.1. The maximum absolute atomic E-state index is 13.1. The molecule has 150 valence electrons. The minimum absolute atomic E-state index is 0.107. The van der Waals surface area contributed by atoms with Gasteiger partial charge in [0.2, 0.25) is 5.91 Å². The van der Waals surface area contributed by atoms with Crippen LogP contribution in [0.3, 0.4) is 0 Å². The van der Waals surface area contributed by atoms with E-state index in [1.807, 2.05) is 18.2 Å². The highest BCUT2D eigenvalue weighted by Gasteiger charge is 2.34. The number of aromatic amines is 1. The fraction of sp³-hybridized carbons (Fsp3) is 0.440. The number of fused-ring (bicyclic) bond motifs is 1. The molecule has 2 aromatic carbocycles. The molecule has 0 radical (unpaired) electrons. The number of carbonyl (C=O) groups excluding carboxylic acids is 1. The van der Waals surface area contributed by atoms with E-state index in [1.165, 1.54) is 18.4 Å². The molecule has 1 saturated heterocycles. The number of para-hydroxylation sites is 2. The molecular formula is C25H29N3O. The molecule has 1 saturated carbocycles. The Morgan fingerprint density at radius 2 is 1.72 bits per heavy atom. The van der Waals surface area contributed by atoms with Gasteiger partial charge in [-0.05, 0) is 68.1 Å². The van der Waals surface area contributed by atoms with Crippen molar-refractivity contribution in [2.75, 3.05) is 6.54 Å². The molecule has 29 heavy (non-hydrogen) atoms. The third-order valence-electron chi connectivity index (χ3n) is 6.88. The van der Waals surface area contributed by atoms with Gasteiger partial charge < -0.3 is 9.88 Å². The molecule has 4 heteroatoms. The van der Waals surface area contributed by atoms with Crippen LogP contribution in [-0.4, -0.2) is 27.3 Å². The van der Waals surface area contributed by atoms with Gasteiger partial charge in [0.1, 0.15) is 5.82 Å². The Morgan fingerprint density at radius 3 is 2.52 bits per heavy atom. The van der Waals surface area contributed by atoms with Crippen molar-refractivity contribution >= 4 is 16.9 Å². The van der Waals surface area contributed by atoms with Gasteiger partial charge in [-0.15, -0.1) is 0 Å². The van der Waals surface area contributed by atoms with Crippen molar-refractivity contribution in [2.24, 2.45) is 5.92 Å². The molecule has 1 aromatic heterocycles. The quantitative estimate of drug-likeness (QED) is 0.634. The van der Waals surface area contributed by atoms with Gasteiger partial charge in [-0.3, -0.25) is 4.79 Å². The summed E-state index contributed by atoms with van der Waals surface area (Å²) in [5.74, 6) is 2.46. The van der Waals surface area contributed by atoms with Crippen molar-refractivity contribution in [2.45, 2.75) is 56.9 Å². The number of hydrogen-bond acceptors (Lipinski definition) is 2. The number of carbonyl (C=O) groups is 1. The standard InChI is InChI=1S/C25H29N3O/c29-24(17-18-12-14-20(15-13-18)19-7-2-1-3-8-19)28-16-6-11-23(28)25-26-21-9-4-5-10-22(21)27-25/h1-5,7-10,18,20,23H,6,11-17H2,(H,26,27). The van der Waals surface area contributed by atoms with Gasteiger partial charge in [-0.2, -0.15) is 0 Å². The van der Waals surface area contributed by atoms with Crippen LogP contribution in [0.2, 0.25) is 0 Å². The zero-order valence-corrected chi connectivity index (χ0v) is 16.9. The highest BCUT2D eigenvalue weighted by Crippen LogP contribution is 2.38. The highest BCUT2D eigenvalue weighted by molar-refractivity contribution is 5.78. The summed E-state index contributed by atoms with van der Waals surface area (Å²) in [6, 6.07) is 19.1. The first-order valence-corrected chi connectivity index (χ1v) is 11.1. The van der Waals surface area contributed by atoms with E-state index in [1.54, 1.807) is 0 Å². The molecule has 2 fully saturated rings. The summed E-state index contributed by atoms with van der Waals surface area (Å²) in [4.78, 5) is 23.4. The van der Waals surface area contributed by atoms with Crippen molar-refractivity contribution in [3.8, 4) is 0 Å². The van der Waals surface area contributed by atoms with Gasteiger partial charge in [0.25, 0.3) is 0 Å². The topological polar surface area (TPSA) is 49.0 Å². The number of nitrogens with one attached hydrogen (secondary N) is 1. The van der Waals surface area contributed by atoms with E-state index < -0.39 is 0 Å². The van der Waals surface area contributed by atoms with Crippen LogP contribution >= 0.6 is 0 Å². The maximum Gasteiger partial charge on any atom is 0.223 e. The summed E-state index contributed by atoms with van der Waals surface area (Å²) >= 11 is 0. The molecule has 0 spiro atoms. The molecule has 1 aliphatic carbocycles. The summed E-state index contributed by atoms with van der Waals surface area (Å²) in [7, 11) is 0. The lowest BCUT2D eigenvalue weighted by molar-refractivity contribution is -0.133. The molecule has 1 aliphatic heterocycles. The first kappa shape index (κ1) is 18.4. The number of aromatic nitrogens is 2. The van der Waals surface area contributed by atoms with Crippen LogP contribution in [0.15, 0.2) is 54.6 Å². The number of benzene rings is 2. The van der Waals surface area contributed by atoms with Crippen LogP contribution in [-0.2, 0) is 4.79 Å². The fourth-order valence-corrected chi connectivity index (χ4v) is 5.27. The molecule has 0 bridgehead atoms. The van der Waals surface area contributed by atoms with Gasteiger partial charge in [0.05, 0.1) is 17.1 Å². The molecule has 4 nitrogen and oxygen atoms in total. The summed E-state index contributed by atoms with van der Waals surface area (Å²) in [6.45, 7) is 0.861. The van der Waals surface area contributed by atoms with Gasteiger partial charge in [0, 0.05) is 13.0 Å². The van der Waals surface area contributed by atoms with E-state index in [0.717, 1.165) is 49.1 Å². The summed E-state index contributed by atoms with van der Waals surface area (Å²) < 4.78 is 0. The summed E-state index contributed by atoms with van der Waals surface area (Å²) in [5.41, 5.74) is 3.50. The zero-order chi connectivity index (χ0) is 19.6. The third kappa shape index (κ3) is 3.81. The van der Waals surface area contributed by atoms with E-state index in [0.29, 0.717) is 24.2 Å². The third-order valence-corrected chi connectivity index (χ3v) is 6.88. The minimum Gasteiger partial charge on any atom is -0.340 e. The Balaban J connectivity index is 1.21. The zero-order valence-electron chi connectivity index (χ0n) is 16.9. The number of hydrogen-bond donors (Lipinski definition) is 1. The van der Waals surface area contributed by atoms with Crippen LogP contribution in [0, 0.1) is 5.92 Å². The largest absolute Gasteiger partial charge is 0.340 e. The summed E-state index contributed by atoms with van der Waals surface area (Å²) in [5, 5.41) is 0. The normalized spacial score (nSPS) is 24.8. The number of H-pyrrole nitrogens is 1. The van der Waals surface area contributed by atoms with E-state index in [9.17, 15) is 4.79 Å². The van der Waals surface area contributed by atoms with E-state index >= 15 is 0 Å². The predicted molar refractivity (Wildman–Crippen MR) is 116 cm³/mol. The lowest BCUT2D eigenvalue weighted by Gasteiger charge is -2.30. The number of amides is 1. The van der Waals surface area contributed by atoms with Gasteiger partial charge >= 0.3 is 0 Å². The van der Waals surface area contributed by atoms with Gasteiger partial charge in [-0.1, -0.05) is 42.5 Å². The molecule has 1 atom stereocenters. The van der Waals surface area contributed by atoms with Gasteiger partial charge in [-0.25, -0.2) is 4.98 Å². The monoisotopic (exact) mass is 387 g/mol. The van der Waals surface area contributed by atoms with Crippen molar-refractivity contribution in [3.05, 3.63) is 66.0 Å². The molecule has 2 aliphatic rings. The van der Waals surface area contributed by atoms with Crippen molar-refractivity contribution in [1.29, 1.82) is 0 Å². The number of imidazole rings is 1. The lowest BCUT2D eigenvalue weighted by atomic mass is 9.77. The molecule has 2 heterocycles. The first-order chi connectivity index (χ1) is 14.3. The van der Waals surface area contributed by atoms with Crippen LogP contribution in [0.1, 0.15) is 68.3 Å². The van der Waals surface area contributed by atoms with Crippen LogP contribution in [0.5, 0.6) is 0 Å². The van der Waals surface area contributed by atoms with Crippen molar-refractivity contribution in [3.63, 3.8) is 0 Å². The fourth-order valence-electron chi connectivity index (χ4n) is 5.27. The smallest absolute Gasteiger partial charge is 0.223 e. The van der Waals surface area contributed by atoms with Gasteiger partial charge in [0.15, 0.2) is 0 Å². The lowest BCUT2D eigenvalue weighted by Crippen LogP contribution is -2.33. The second-order valence-corrected chi connectivity index (χ2v) is 8.72. The predicted octanol–water partition coefficient (Wildman–Crippen LogP) is 5.59. The Labute approximate surface area is 172 Å². The molecular weight excluding hydrogens is 358 g/mol. The maximum atomic E-state index is 13.1. The average Bonchev–Trinajstić information content (AvgIpc) is 3.42. The van der Waals surface area contributed by atoms with Crippen LogP contribution in [0.4, 0.5) is 0 Å². The molecule has 1 amide bonds. The van der Waals surface area contributed by atoms with Crippen molar-refractivity contribution in [1.82, 2.24) is 14.9 Å². The van der Waals surface area contributed by atoms with E-state index in [2.05, 4.69) is 46.3 Å². The van der Waals surface area contributed by atoms with E-state index in [4.69, 9.17) is 4.98 Å². The Kier molecular flexibility index (Phi) is 5.09. The SMILES string of the molecule is O=C(CC1CCC(c2ccccc2)CC1)N1CCCC1c1nc2ccccc2[nH]1.